The van der Waals surface area contributed by atoms with E-state index in [1.165, 1.54) is 11.1 Å². The Bertz CT molecular complexity index is 578. The first-order chi connectivity index (χ1) is 9.13. The molecule has 0 bridgehead atoms. The third-order valence-electron chi connectivity index (χ3n) is 3.20. The lowest BCUT2D eigenvalue weighted by molar-refractivity contribution is 0.875. The average molecular weight is 256 g/mol. The maximum absolute atomic E-state index is 5.48. The van der Waals surface area contributed by atoms with Crippen molar-refractivity contribution >= 4 is 5.82 Å². The van der Waals surface area contributed by atoms with Crippen LogP contribution in [0.15, 0.2) is 24.3 Å². The fourth-order valence-electron chi connectivity index (χ4n) is 1.97. The van der Waals surface area contributed by atoms with E-state index in [1.807, 2.05) is 12.1 Å². The van der Waals surface area contributed by atoms with Gasteiger partial charge in [-0.25, -0.2) is 15.8 Å². The number of aryl methyl sites for hydroxylation is 3. The predicted octanol–water partition coefficient (Wildman–Crippen LogP) is 3.00. The number of hydrogen-bond donors (Lipinski definition) is 2. The largest absolute Gasteiger partial charge is 0.308 e. The Balaban J connectivity index is 2.47. The highest BCUT2D eigenvalue weighted by molar-refractivity contribution is 5.59. The summed E-state index contributed by atoms with van der Waals surface area (Å²) in [7, 11) is 0. The Kier molecular flexibility index (Phi) is 4.12. The van der Waals surface area contributed by atoms with Gasteiger partial charge in [-0.05, 0) is 37.5 Å². The number of benzene rings is 1. The number of anilines is 1. The van der Waals surface area contributed by atoms with Crippen molar-refractivity contribution in [3.8, 4) is 11.4 Å². The predicted molar refractivity (Wildman–Crippen MR) is 78.7 cm³/mol. The molecular formula is C15H20N4. The summed E-state index contributed by atoms with van der Waals surface area (Å²) in [6, 6.07) is 8.15. The summed E-state index contributed by atoms with van der Waals surface area (Å²) in [5, 5.41) is 0. The van der Waals surface area contributed by atoms with E-state index in [1.54, 1.807) is 0 Å². The van der Waals surface area contributed by atoms with Gasteiger partial charge in [-0.2, -0.15) is 0 Å². The number of hydrogen-bond acceptors (Lipinski definition) is 4. The van der Waals surface area contributed by atoms with E-state index in [-0.39, 0.29) is 0 Å². The summed E-state index contributed by atoms with van der Waals surface area (Å²) in [6.07, 6.45) is 1.97. The molecule has 0 saturated heterocycles. The van der Waals surface area contributed by atoms with E-state index in [0.717, 1.165) is 29.9 Å². The zero-order valence-electron chi connectivity index (χ0n) is 11.7. The van der Waals surface area contributed by atoms with E-state index >= 15 is 0 Å². The molecule has 0 spiro atoms. The van der Waals surface area contributed by atoms with Crippen LogP contribution in [0.2, 0.25) is 0 Å². The van der Waals surface area contributed by atoms with Gasteiger partial charge in [-0.3, -0.25) is 0 Å². The molecule has 0 aliphatic rings. The molecule has 0 radical (unpaired) electrons. The molecule has 1 heterocycles. The van der Waals surface area contributed by atoms with Crippen LogP contribution in [0.3, 0.4) is 0 Å². The molecule has 0 saturated carbocycles. The molecule has 0 amide bonds. The van der Waals surface area contributed by atoms with Crippen LogP contribution in [-0.4, -0.2) is 9.97 Å². The monoisotopic (exact) mass is 256 g/mol. The van der Waals surface area contributed by atoms with E-state index in [9.17, 15) is 0 Å². The summed E-state index contributed by atoms with van der Waals surface area (Å²) in [5.74, 6) is 6.86. The molecule has 3 N–H and O–H groups in total. The van der Waals surface area contributed by atoms with Gasteiger partial charge in [0.2, 0.25) is 0 Å². The van der Waals surface area contributed by atoms with Gasteiger partial charge in [0, 0.05) is 17.3 Å². The SMILES string of the molecule is CCCc1cc(NN)nc(-c2ccc(C)c(C)c2)n1. The lowest BCUT2D eigenvalue weighted by atomic mass is 10.1. The minimum absolute atomic E-state index is 0.659. The number of nitrogens with zero attached hydrogens (tertiary/aromatic N) is 2. The number of aromatic nitrogens is 2. The topological polar surface area (TPSA) is 63.8 Å². The normalized spacial score (nSPS) is 10.5. The third-order valence-corrected chi connectivity index (χ3v) is 3.20. The summed E-state index contributed by atoms with van der Waals surface area (Å²) in [5.41, 5.74) is 7.16. The second-order valence-electron chi connectivity index (χ2n) is 4.76. The van der Waals surface area contributed by atoms with Gasteiger partial charge in [0.05, 0.1) is 0 Å². The molecular weight excluding hydrogens is 236 g/mol. The highest BCUT2D eigenvalue weighted by atomic mass is 15.3. The molecule has 4 nitrogen and oxygen atoms in total. The van der Waals surface area contributed by atoms with E-state index in [0.29, 0.717) is 5.82 Å². The van der Waals surface area contributed by atoms with Crippen LogP contribution in [0, 0.1) is 13.8 Å². The van der Waals surface area contributed by atoms with E-state index in [2.05, 4.69) is 48.3 Å². The Morgan fingerprint density at radius 1 is 1.11 bits per heavy atom. The summed E-state index contributed by atoms with van der Waals surface area (Å²) >= 11 is 0. The van der Waals surface area contributed by atoms with Gasteiger partial charge in [0.1, 0.15) is 5.82 Å². The van der Waals surface area contributed by atoms with Crippen LogP contribution in [0.1, 0.15) is 30.2 Å². The first-order valence-corrected chi connectivity index (χ1v) is 6.56. The van der Waals surface area contributed by atoms with Gasteiger partial charge < -0.3 is 5.43 Å². The lowest BCUT2D eigenvalue weighted by Gasteiger charge is -2.08. The highest BCUT2D eigenvalue weighted by Crippen LogP contribution is 2.21. The minimum Gasteiger partial charge on any atom is -0.308 e. The number of hydrazine groups is 1. The van der Waals surface area contributed by atoms with E-state index < -0.39 is 0 Å². The molecule has 0 aliphatic carbocycles. The maximum Gasteiger partial charge on any atom is 0.161 e. The van der Waals surface area contributed by atoms with Crippen LogP contribution in [0.4, 0.5) is 5.82 Å². The van der Waals surface area contributed by atoms with Crippen LogP contribution >= 0.6 is 0 Å². The molecule has 100 valence electrons. The first-order valence-electron chi connectivity index (χ1n) is 6.56. The summed E-state index contributed by atoms with van der Waals surface area (Å²) < 4.78 is 0. The Morgan fingerprint density at radius 3 is 2.53 bits per heavy atom. The van der Waals surface area contributed by atoms with Crippen molar-refractivity contribution in [2.75, 3.05) is 5.43 Å². The molecule has 2 aromatic rings. The number of nitrogen functional groups attached to an aromatic ring is 1. The molecule has 0 unspecified atom stereocenters. The van der Waals surface area contributed by atoms with Crippen molar-refractivity contribution in [1.82, 2.24) is 9.97 Å². The maximum atomic E-state index is 5.48. The van der Waals surface area contributed by atoms with Gasteiger partial charge in [-0.15, -0.1) is 0 Å². The lowest BCUT2D eigenvalue weighted by Crippen LogP contribution is -2.10. The van der Waals surface area contributed by atoms with Crippen LogP contribution in [-0.2, 0) is 6.42 Å². The number of nitrogens with one attached hydrogen (secondary N) is 1. The second-order valence-corrected chi connectivity index (χ2v) is 4.76. The zero-order valence-corrected chi connectivity index (χ0v) is 11.7. The average Bonchev–Trinajstić information content (AvgIpc) is 2.42. The standard InChI is InChI=1S/C15H20N4/c1-4-5-13-9-14(19-16)18-15(17-13)12-7-6-10(2)11(3)8-12/h6-9H,4-5,16H2,1-3H3,(H,17,18,19). The Morgan fingerprint density at radius 2 is 1.89 bits per heavy atom. The smallest absolute Gasteiger partial charge is 0.161 e. The fraction of sp³-hybridized carbons (Fsp3) is 0.333. The molecule has 19 heavy (non-hydrogen) atoms. The Hall–Kier alpha value is -1.94. The van der Waals surface area contributed by atoms with Crippen LogP contribution in [0.5, 0.6) is 0 Å². The second kappa shape index (κ2) is 5.80. The quantitative estimate of drug-likeness (QED) is 0.652. The van der Waals surface area contributed by atoms with Crippen molar-refractivity contribution < 1.29 is 0 Å². The van der Waals surface area contributed by atoms with Gasteiger partial charge >= 0.3 is 0 Å². The number of rotatable bonds is 4. The third kappa shape index (κ3) is 3.09. The molecule has 0 atom stereocenters. The van der Waals surface area contributed by atoms with Crippen molar-refractivity contribution in [2.24, 2.45) is 5.84 Å². The van der Waals surface area contributed by atoms with Crippen molar-refractivity contribution in [3.63, 3.8) is 0 Å². The first kappa shape index (κ1) is 13.5. The van der Waals surface area contributed by atoms with Crippen molar-refractivity contribution in [3.05, 3.63) is 41.1 Å². The highest BCUT2D eigenvalue weighted by Gasteiger charge is 2.07. The molecule has 1 aromatic carbocycles. The minimum atomic E-state index is 0.659. The van der Waals surface area contributed by atoms with Crippen LogP contribution in [0.25, 0.3) is 11.4 Å². The van der Waals surface area contributed by atoms with Crippen molar-refractivity contribution in [1.29, 1.82) is 0 Å². The summed E-state index contributed by atoms with van der Waals surface area (Å²) in [6.45, 7) is 6.32. The van der Waals surface area contributed by atoms with Crippen LogP contribution < -0.4 is 11.3 Å². The number of nitrogens with two attached hydrogens (primary N) is 1. The molecule has 0 fully saturated rings. The summed E-state index contributed by atoms with van der Waals surface area (Å²) in [4.78, 5) is 9.03. The van der Waals surface area contributed by atoms with Crippen molar-refractivity contribution in [2.45, 2.75) is 33.6 Å². The molecule has 2 rings (SSSR count). The Labute approximate surface area is 114 Å². The molecule has 4 heteroatoms. The molecule has 0 aliphatic heterocycles. The van der Waals surface area contributed by atoms with Gasteiger partial charge in [0.25, 0.3) is 0 Å². The van der Waals surface area contributed by atoms with E-state index in [4.69, 9.17) is 5.84 Å². The zero-order chi connectivity index (χ0) is 13.8. The molecule has 1 aromatic heterocycles. The fourth-order valence-corrected chi connectivity index (χ4v) is 1.97. The van der Waals surface area contributed by atoms with Gasteiger partial charge in [0.15, 0.2) is 5.82 Å². The van der Waals surface area contributed by atoms with Gasteiger partial charge in [-0.1, -0.05) is 25.5 Å².